The predicted octanol–water partition coefficient (Wildman–Crippen LogP) is 5.59. The summed E-state index contributed by atoms with van der Waals surface area (Å²) in [4.78, 5) is 24.7. The highest BCUT2D eigenvalue weighted by Gasteiger charge is 2.25. The lowest BCUT2D eigenvalue weighted by atomic mass is 10.1. The molecule has 0 saturated carbocycles. The van der Waals surface area contributed by atoms with Crippen molar-refractivity contribution in [3.8, 4) is 17.1 Å². The van der Waals surface area contributed by atoms with Gasteiger partial charge in [0.2, 0.25) is 0 Å². The Morgan fingerprint density at radius 1 is 0.971 bits per heavy atom. The maximum absolute atomic E-state index is 13.8. The fraction of sp³-hybridized carbons (Fsp3) is 0.111. The highest BCUT2D eigenvalue weighted by molar-refractivity contribution is 7.14. The summed E-state index contributed by atoms with van der Waals surface area (Å²) in [6.45, 7) is 2.40. The van der Waals surface area contributed by atoms with Gasteiger partial charge in [-0.25, -0.2) is 14.6 Å². The highest BCUT2D eigenvalue weighted by atomic mass is 32.1. The van der Waals surface area contributed by atoms with Crippen LogP contribution in [0.4, 0.5) is 5.13 Å². The second kappa shape index (κ2) is 9.80. The van der Waals surface area contributed by atoms with Gasteiger partial charge in [0.1, 0.15) is 0 Å². The van der Waals surface area contributed by atoms with E-state index in [1.165, 1.54) is 16.9 Å². The highest BCUT2D eigenvalue weighted by Crippen LogP contribution is 2.29. The minimum absolute atomic E-state index is 0.121. The van der Waals surface area contributed by atoms with Crippen LogP contribution in [-0.2, 0) is 6.42 Å². The molecule has 5 rings (SSSR count). The normalized spacial score (nSPS) is 10.9. The van der Waals surface area contributed by atoms with E-state index in [0.717, 1.165) is 23.4 Å². The number of hydrogen-bond acceptors (Lipinski definition) is 5. The average Bonchev–Trinajstić information content (AvgIpc) is 3.53. The van der Waals surface area contributed by atoms with Gasteiger partial charge >= 0.3 is 0 Å². The Balaban J connectivity index is 1.48. The van der Waals surface area contributed by atoms with Crippen molar-refractivity contribution < 1.29 is 4.79 Å². The zero-order chi connectivity index (χ0) is 23.3. The third-order valence-corrected chi connectivity index (χ3v) is 6.47. The first-order valence-corrected chi connectivity index (χ1v) is 11.9. The number of carbonyl (C=O) groups is 1. The third-order valence-electron chi connectivity index (χ3n) is 5.61. The molecule has 0 spiro atoms. The minimum Gasteiger partial charge on any atom is -0.284 e. The molecule has 168 valence electrons. The first kappa shape index (κ1) is 21.7. The fourth-order valence-corrected chi connectivity index (χ4v) is 4.63. The number of benzene rings is 2. The first-order valence-electron chi connectivity index (χ1n) is 11.0. The molecule has 34 heavy (non-hydrogen) atoms. The number of thiazole rings is 1. The molecule has 0 N–H and O–H groups in total. The van der Waals surface area contributed by atoms with Crippen LogP contribution in [0.3, 0.4) is 0 Å². The standard InChI is InChI=1S/C27H23N5OS/c1-20-23(18-29-32(20)25-14-8-9-16-28-25)26(33)31(17-15-21-10-4-2-5-11-21)27-30-24(19-34-27)22-12-6-3-7-13-22/h2-14,16,18-19H,15,17H2,1H3. The SMILES string of the molecule is Cc1c(C(=O)N(CCc2ccccc2)c2nc(-c3ccccc3)cs2)cnn1-c1ccccn1. The van der Waals surface area contributed by atoms with E-state index in [2.05, 4.69) is 22.2 Å². The molecule has 0 bridgehead atoms. The van der Waals surface area contributed by atoms with E-state index in [9.17, 15) is 4.79 Å². The van der Waals surface area contributed by atoms with Crippen LogP contribution in [0.25, 0.3) is 17.1 Å². The molecule has 0 fully saturated rings. The van der Waals surface area contributed by atoms with Crippen LogP contribution in [0.15, 0.2) is 96.6 Å². The Kier molecular flexibility index (Phi) is 6.27. The molecule has 0 unspecified atom stereocenters. The van der Waals surface area contributed by atoms with Crippen molar-refractivity contribution in [3.63, 3.8) is 0 Å². The lowest BCUT2D eigenvalue weighted by Gasteiger charge is -2.20. The number of rotatable bonds is 7. The summed E-state index contributed by atoms with van der Waals surface area (Å²) in [5.41, 5.74) is 4.34. The van der Waals surface area contributed by atoms with Crippen molar-refractivity contribution in [2.45, 2.75) is 13.3 Å². The molecule has 0 aliphatic rings. The van der Waals surface area contributed by atoms with E-state index in [-0.39, 0.29) is 5.91 Å². The number of amides is 1. The zero-order valence-corrected chi connectivity index (χ0v) is 19.5. The van der Waals surface area contributed by atoms with Gasteiger partial charge in [0.05, 0.1) is 23.1 Å². The summed E-state index contributed by atoms with van der Waals surface area (Å²) in [7, 11) is 0. The van der Waals surface area contributed by atoms with Crippen LogP contribution in [0.1, 0.15) is 21.6 Å². The minimum atomic E-state index is -0.121. The van der Waals surface area contributed by atoms with Crippen molar-refractivity contribution in [1.82, 2.24) is 19.7 Å². The van der Waals surface area contributed by atoms with E-state index in [1.807, 2.05) is 79.0 Å². The molecule has 7 heteroatoms. The van der Waals surface area contributed by atoms with Crippen molar-refractivity contribution in [2.75, 3.05) is 11.4 Å². The first-order chi connectivity index (χ1) is 16.7. The molecule has 3 aromatic heterocycles. The summed E-state index contributed by atoms with van der Waals surface area (Å²) in [6.07, 6.45) is 4.05. The van der Waals surface area contributed by atoms with Crippen LogP contribution in [0.5, 0.6) is 0 Å². The Morgan fingerprint density at radius 3 is 2.44 bits per heavy atom. The number of aromatic nitrogens is 4. The summed E-state index contributed by atoms with van der Waals surface area (Å²) in [6, 6.07) is 25.8. The lowest BCUT2D eigenvalue weighted by Crippen LogP contribution is -2.33. The molecule has 0 aliphatic carbocycles. The van der Waals surface area contributed by atoms with Crippen molar-refractivity contribution in [2.24, 2.45) is 0 Å². The van der Waals surface area contributed by atoms with Gasteiger partial charge < -0.3 is 0 Å². The molecule has 5 aromatic rings. The van der Waals surface area contributed by atoms with Crippen LogP contribution in [0, 0.1) is 6.92 Å². The summed E-state index contributed by atoms with van der Waals surface area (Å²) in [5, 5.41) is 7.11. The second-order valence-corrected chi connectivity index (χ2v) is 8.65. The van der Waals surface area contributed by atoms with E-state index in [4.69, 9.17) is 4.98 Å². The molecule has 6 nitrogen and oxygen atoms in total. The van der Waals surface area contributed by atoms with Crippen molar-refractivity contribution in [3.05, 3.63) is 113 Å². The number of carbonyl (C=O) groups excluding carboxylic acids is 1. The van der Waals surface area contributed by atoms with Crippen molar-refractivity contribution in [1.29, 1.82) is 0 Å². The largest absolute Gasteiger partial charge is 0.284 e. The molecule has 0 aliphatic heterocycles. The molecule has 1 amide bonds. The van der Waals surface area contributed by atoms with Crippen LogP contribution in [0.2, 0.25) is 0 Å². The zero-order valence-electron chi connectivity index (χ0n) is 18.7. The predicted molar refractivity (Wildman–Crippen MR) is 135 cm³/mol. The molecular weight excluding hydrogens is 442 g/mol. The van der Waals surface area contributed by atoms with Crippen molar-refractivity contribution >= 4 is 22.4 Å². The lowest BCUT2D eigenvalue weighted by molar-refractivity contribution is 0.0986. The average molecular weight is 466 g/mol. The fourth-order valence-electron chi connectivity index (χ4n) is 3.77. The van der Waals surface area contributed by atoms with Gasteiger partial charge in [0.25, 0.3) is 5.91 Å². The number of nitrogens with zero attached hydrogens (tertiary/aromatic N) is 5. The molecule has 0 radical (unpaired) electrons. The van der Waals surface area contributed by atoms with Crippen LogP contribution in [-0.4, -0.2) is 32.2 Å². The van der Waals surface area contributed by atoms with Gasteiger partial charge in [-0.3, -0.25) is 9.69 Å². The second-order valence-electron chi connectivity index (χ2n) is 7.82. The molecule has 3 heterocycles. The summed E-state index contributed by atoms with van der Waals surface area (Å²) < 4.78 is 1.69. The van der Waals surface area contributed by atoms with Gasteiger partial charge in [-0.15, -0.1) is 11.3 Å². The number of hydrogen-bond donors (Lipinski definition) is 0. The van der Waals surface area contributed by atoms with Gasteiger partial charge in [-0.1, -0.05) is 66.7 Å². The quantitative estimate of drug-likeness (QED) is 0.314. The van der Waals surface area contributed by atoms with Gasteiger partial charge in [-0.2, -0.15) is 5.10 Å². The topological polar surface area (TPSA) is 63.9 Å². The van der Waals surface area contributed by atoms with Gasteiger partial charge in [0, 0.05) is 23.7 Å². The van der Waals surface area contributed by atoms with Gasteiger partial charge in [-0.05, 0) is 31.0 Å². The Labute approximate surface area is 202 Å². The number of pyridine rings is 1. The van der Waals surface area contributed by atoms with E-state index in [0.29, 0.717) is 23.1 Å². The monoisotopic (exact) mass is 465 g/mol. The maximum atomic E-state index is 13.8. The summed E-state index contributed by atoms with van der Waals surface area (Å²) >= 11 is 1.47. The Hall–Kier alpha value is -4.10. The molecule has 0 saturated heterocycles. The van der Waals surface area contributed by atoms with Crippen LogP contribution >= 0.6 is 11.3 Å². The van der Waals surface area contributed by atoms with E-state index in [1.54, 1.807) is 22.0 Å². The Bertz CT molecular complexity index is 1380. The maximum Gasteiger partial charge on any atom is 0.263 e. The molecular formula is C27H23N5OS. The van der Waals surface area contributed by atoms with E-state index < -0.39 is 0 Å². The molecule has 0 atom stereocenters. The Morgan fingerprint density at radius 2 is 1.71 bits per heavy atom. The summed E-state index contributed by atoms with van der Waals surface area (Å²) in [5.74, 6) is 0.556. The smallest absolute Gasteiger partial charge is 0.263 e. The number of anilines is 1. The third kappa shape index (κ3) is 4.51. The van der Waals surface area contributed by atoms with Crippen LogP contribution < -0.4 is 4.90 Å². The van der Waals surface area contributed by atoms with E-state index >= 15 is 0 Å². The molecule has 2 aromatic carbocycles. The van der Waals surface area contributed by atoms with Gasteiger partial charge in [0.15, 0.2) is 10.9 Å².